The summed E-state index contributed by atoms with van der Waals surface area (Å²) in [5.74, 6) is -1.08. The van der Waals surface area contributed by atoms with Crippen molar-refractivity contribution in [3.05, 3.63) is 29.6 Å². The molecular formula is C12H17FN2O2. The van der Waals surface area contributed by atoms with Gasteiger partial charge in [-0.1, -0.05) is 13.0 Å². The van der Waals surface area contributed by atoms with Gasteiger partial charge in [-0.05, 0) is 31.2 Å². The van der Waals surface area contributed by atoms with Crippen LogP contribution in [0.5, 0.6) is 5.75 Å². The van der Waals surface area contributed by atoms with E-state index in [0.29, 0.717) is 6.54 Å². The SMILES string of the molecule is CCNCc1ccc(OC(C)C(N)=O)c(F)c1. The van der Waals surface area contributed by atoms with Gasteiger partial charge < -0.3 is 15.8 Å². The average molecular weight is 240 g/mol. The molecule has 0 aromatic heterocycles. The second kappa shape index (κ2) is 6.20. The van der Waals surface area contributed by atoms with Crippen molar-refractivity contribution in [2.24, 2.45) is 5.73 Å². The minimum Gasteiger partial charge on any atom is -0.478 e. The summed E-state index contributed by atoms with van der Waals surface area (Å²) in [7, 11) is 0. The van der Waals surface area contributed by atoms with Gasteiger partial charge in [0.05, 0.1) is 0 Å². The molecule has 3 N–H and O–H groups in total. The van der Waals surface area contributed by atoms with Gasteiger partial charge in [0.15, 0.2) is 17.7 Å². The molecule has 4 nitrogen and oxygen atoms in total. The van der Waals surface area contributed by atoms with Crippen molar-refractivity contribution in [1.29, 1.82) is 0 Å². The molecular weight excluding hydrogens is 223 g/mol. The summed E-state index contributed by atoms with van der Waals surface area (Å²) >= 11 is 0. The van der Waals surface area contributed by atoms with Crippen LogP contribution in [-0.4, -0.2) is 18.6 Å². The highest BCUT2D eigenvalue weighted by molar-refractivity contribution is 5.78. The van der Waals surface area contributed by atoms with Gasteiger partial charge in [-0.2, -0.15) is 0 Å². The first kappa shape index (κ1) is 13.4. The molecule has 1 unspecified atom stereocenters. The predicted octanol–water partition coefficient (Wildman–Crippen LogP) is 1.19. The fourth-order valence-corrected chi connectivity index (χ4v) is 1.27. The molecule has 1 aromatic rings. The topological polar surface area (TPSA) is 64.3 Å². The molecule has 1 aromatic carbocycles. The van der Waals surface area contributed by atoms with Crippen molar-refractivity contribution < 1.29 is 13.9 Å². The van der Waals surface area contributed by atoms with E-state index < -0.39 is 17.8 Å². The lowest BCUT2D eigenvalue weighted by molar-refractivity contribution is -0.124. The number of rotatable bonds is 6. The van der Waals surface area contributed by atoms with Crippen LogP contribution in [0.15, 0.2) is 18.2 Å². The Bertz CT molecular complexity index is 396. The van der Waals surface area contributed by atoms with E-state index in [9.17, 15) is 9.18 Å². The van der Waals surface area contributed by atoms with Crippen LogP contribution in [0.2, 0.25) is 0 Å². The number of carbonyl (C=O) groups is 1. The van der Waals surface area contributed by atoms with Crippen LogP contribution in [0, 0.1) is 5.82 Å². The van der Waals surface area contributed by atoms with Gasteiger partial charge in [-0.15, -0.1) is 0 Å². The number of nitrogens with two attached hydrogens (primary N) is 1. The Labute approximate surface area is 100.0 Å². The molecule has 0 bridgehead atoms. The van der Waals surface area contributed by atoms with Crippen LogP contribution in [0.3, 0.4) is 0 Å². The lowest BCUT2D eigenvalue weighted by Gasteiger charge is -2.12. The molecule has 0 saturated carbocycles. The molecule has 1 amide bonds. The van der Waals surface area contributed by atoms with Gasteiger partial charge in [-0.3, -0.25) is 4.79 Å². The number of ether oxygens (including phenoxy) is 1. The monoisotopic (exact) mass is 240 g/mol. The highest BCUT2D eigenvalue weighted by Crippen LogP contribution is 2.19. The van der Waals surface area contributed by atoms with Crippen LogP contribution in [0.4, 0.5) is 4.39 Å². The Kier molecular flexibility index (Phi) is 4.90. The molecule has 5 heteroatoms. The third-order valence-electron chi connectivity index (χ3n) is 2.28. The zero-order valence-corrected chi connectivity index (χ0v) is 10.00. The van der Waals surface area contributed by atoms with Crippen LogP contribution in [0.1, 0.15) is 19.4 Å². The van der Waals surface area contributed by atoms with Gasteiger partial charge in [0.2, 0.25) is 0 Å². The highest BCUT2D eigenvalue weighted by atomic mass is 19.1. The van der Waals surface area contributed by atoms with E-state index in [1.54, 1.807) is 6.07 Å². The molecule has 1 atom stereocenters. The first-order valence-corrected chi connectivity index (χ1v) is 5.49. The summed E-state index contributed by atoms with van der Waals surface area (Å²) in [5.41, 5.74) is 5.86. The number of benzene rings is 1. The number of hydrogen-bond acceptors (Lipinski definition) is 3. The van der Waals surface area contributed by atoms with Crippen LogP contribution in [0.25, 0.3) is 0 Å². The minimum atomic E-state index is -0.843. The Morgan fingerprint density at radius 1 is 1.59 bits per heavy atom. The fourth-order valence-electron chi connectivity index (χ4n) is 1.27. The molecule has 0 aliphatic heterocycles. The Balaban J connectivity index is 2.72. The fraction of sp³-hybridized carbons (Fsp3) is 0.417. The molecule has 0 radical (unpaired) electrons. The Hall–Kier alpha value is -1.62. The molecule has 0 aliphatic rings. The van der Waals surface area contributed by atoms with E-state index in [2.05, 4.69) is 5.32 Å². The summed E-state index contributed by atoms with van der Waals surface area (Å²) in [6, 6.07) is 4.63. The van der Waals surface area contributed by atoms with Crippen LogP contribution < -0.4 is 15.8 Å². The molecule has 0 fully saturated rings. The van der Waals surface area contributed by atoms with Crippen molar-refractivity contribution in [3.8, 4) is 5.75 Å². The molecule has 94 valence electrons. The maximum absolute atomic E-state index is 13.6. The molecule has 0 spiro atoms. The molecule has 0 heterocycles. The maximum Gasteiger partial charge on any atom is 0.258 e. The third-order valence-corrected chi connectivity index (χ3v) is 2.28. The van der Waals surface area contributed by atoms with E-state index in [1.165, 1.54) is 19.1 Å². The second-order valence-electron chi connectivity index (χ2n) is 3.71. The van der Waals surface area contributed by atoms with Crippen LogP contribution in [-0.2, 0) is 11.3 Å². The van der Waals surface area contributed by atoms with Gasteiger partial charge in [0, 0.05) is 6.54 Å². The zero-order chi connectivity index (χ0) is 12.8. The predicted molar refractivity (Wildman–Crippen MR) is 63.1 cm³/mol. The van der Waals surface area contributed by atoms with Gasteiger partial charge in [-0.25, -0.2) is 4.39 Å². The maximum atomic E-state index is 13.6. The quantitative estimate of drug-likeness (QED) is 0.785. The number of primary amides is 1. The lowest BCUT2D eigenvalue weighted by Crippen LogP contribution is -2.30. The van der Waals surface area contributed by atoms with E-state index in [0.717, 1.165) is 12.1 Å². The average Bonchev–Trinajstić information content (AvgIpc) is 2.29. The van der Waals surface area contributed by atoms with Gasteiger partial charge >= 0.3 is 0 Å². The number of carbonyl (C=O) groups excluding carboxylic acids is 1. The van der Waals surface area contributed by atoms with E-state index >= 15 is 0 Å². The Morgan fingerprint density at radius 2 is 2.29 bits per heavy atom. The summed E-state index contributed by atoms with van der Waals surface area (Å²) in [6.07, 6.45) is -0.843. The minimum absolute atomic E-state index is 0.0385. The van der Waals surface area contributed by atoms with Crippen molar-refractivity contribution >= 4 is 5.91 Å². The first-order chi connectivity index (χ1) is 8.04. The molecule has 1 rings (SSSR count). The van der Waals surface area contributed by atoms with Crippen molar-refractivity contribution in [3.63, 3.8) is 0 Å². The van der Waals surface area contributed by atoms with E-state index in [-0.39, 0.29) is 5.75 Å². The van der Waals surface area contributed by atoms with Gasteiger partial charge in [0.1, 0.15) is 0 Å². The van der Waals surface area contributed by atoms with Crippen molar-refractivity contribution in [2.45, 2.75) is 26.5 Å². The van der Waals surface area contributed by atoms with E-state index in [4.69, 9.17) is 10.5 Å². The number of hydrogen-bond donors (Lipinski definition) is 2. The summed E-state index contributed by atoms with van der Waals surface area (Å²) in [4.78, 5) is 10.8. The third kappa shape index (κ3) is 4.03. The molecule has 0 aliphatic carbocycles. The summed E-state index contributed by atoms with van der Waals surface area (Å²) < 4.78 is 18.7. The summed E-state index contributed by atoms with van der Waals surface area (Å²) in [5, 5.41) is 3.09. The zero-order valence-electron chi connectivity index (χ0n) is 10.00. The summed E-state index contributed by atoms with van der Waals surface area (Å²) in [6.45, 7) is 4.87. The normalized spacial score (nSPS) is 12.2. The van der Waals surface area contributed by atoms with Crippen molar-refractivity contribution in [1.82, 2.24) is 5.32 Å². The first-order valence-electron chi connectivity index (χ1n) is 5.49. The van der Waals surface area contributed by atoms with Gasteiger partial charge in [0.25, 0.3) is 5.91 Å². The van der Waals surface area contributed by atoms with Crippen molar-refractivity contribution in [2.75, 3.05) is 6.54 Å². The second-order valence-corrected chi connectivity index (χ2v) is 3.71. The van der Waals surface area contributed by atoms with Crippen LogP contribution >= 0.6 is 0 Å². The molecule has 0 saturated heterocycles. The Morgan fingerprint density at radius 3 is 2.82 bits per heavy atom. The lowest BCUT2D eigenvalue weighted by atomic mass is 10.2. The number of halogens is 1. The standard InChI is InChI=1S/C12H17FN2O2/c1-3-15-7-9-4-5-11(10(13)6-9)17-8(2)12(14)16/h4-6,8,15H,3,7H2,1-2H3,(H2,14,16). The van der Waals surface area contributed by atoms with E-state index in [1.807, 2.05) is 6.92 Å². The largest absolute Gasteiger partial charge is 0.478 e. The number of nitrogens with one attached hydrogen (secondary N) is 1. The number of amides is 1. The highest BCUT2D eigenvalue weighted by Gasteiger charge is 2.13. The molecule has 17 heavy (non-hydrogen) atoms. The smallest absolute Gasteiger partial charge is 0.258 e.